The normalized spacial score (nSPS) is 10.8. The third-order valence-corrected chi connectivity index (χ3v) is 3.43. The average molecular weight is 332 g/mol. The van der Waals surface area contributed by atoms with Gasteiger partial charge in [-0.2, -0.15) is 0 Å². The topological polar surface area (TPSA) is 20.2 Å². The summed E-state index contributed by atoms with van der Waals surface area (Å²) in [5.41, 5.74) is 2.73. The molecule has 0 aliphatic carbocycles. The molecular weight excluding hydrogens is 305 g/mol. The molecule has 0 spiro atoms. The first kappa shape index (κ1) is 20.3. The van der Waals surface area contributed by atoms with Gasteiger partial charge in [0.25, 0.3) is 0 Å². The molecule has 2 aromatic rings. The van der Waals surface area contributed by atoms with Crippen LogP contribution in [0.1, 0.15) is 25.5 Å². The van der Waals surface area contributed by atoms with Crippen molar-refractivity contribution >= 4 is 35.7 Å². The molecule has 1 aromatic heterocycles. The molecule has 0 unspecified atom stereocenters. The first-order valence-corrected chi connectivity index (χ1v) is 7.03. The van der Waals surface area contributed by atoms with Crippen LogP contribution in [-0.2, 0) is 6.54 Å². The number of aromatic nitrogens is 1. The number of hydrogen-bond donors (Lipinski definition) is 1. The molecule has 1 N–H and O–H groups in total. The van der Waals surface area contributed by atoms with E-state index in [9.17, 15) is 0 Å². The fourth-order valence-corrected chi connectivity index (χ4v) is 2.37. The Balaban J connectivity index is 0.00000200. The van der Waals surface area contributed by atoms with Crippen LogP contribution in [0, 0.1) is 0 Å². The lowest BCUT2D eigenvalue weighted by atomic mass is 10.2. The standard InChI is InChI=1S/C16H25N3.2ClH/c1-13(2)19-12-14(11-17-9-10-18(3)4)15-7-5-6-8-16(15)19;;/h5-8,12-13,17H,9-11H2,1-4H3;2*1H. The van der Waals surface area contributed by atoms with E-state index >= 15 is 0 Å². The van der Waals surface area contributed by atoms with Crippen LogP contribution in [-0.4, -0.2) is 36.7 Å². The molecule has 0 radical (unpaired) electrons. The van der Waals surface area contributed by atoms with E-state index in [0.29, 0.717) is 6.04 Å². The van der Waals surface area contributed by atoms with Gasteiger partial charge in [0.2, 0.25) is 0 Å². The van der Waals surface area contributed by atoms with Crippen LogP contribution in [0.2, 0.25) is 0 Å². The van der Waals surface area contributed by atoms with Crippen molar-refractivity contribution in [1.29, 1.82) is 0 Å². The van der Waals surface area contributed by atoms with Gasteiger partial charge in [-0.3, -0.25) is 0 Å². The Morgan fingerprint density at radius 2 is 1.81 bits per heavy atom. The largest absolute Gasteiger partial charge is 0.345 e. The molecule has 0 amide bonds. The Hall–Kier alpha value is -0.740. The molecule has 0 saturated carbocycles. The highest BCUT2D eigenvalue weighted by molar-refractivity contribution is 5.85. The molecule has 0 saturated heterocycles. The van der Waals surface area contributed by atoms with Crippen LogP contribution < -0.4 is 5.32 Å². The Morgan fingerprint density at radius 1 is 1.14 bits per heavy atom. The molecular formula is C16H27Cl2N3. The predicted molar refractivity (Wildman–Crippen MR) is 97.1 cm³/mol. The Morgan fingerprint density at radius 3 is 2.43 bits per heavy atom. The van der Waals surface area contributed by atoms with Crippen molar-refractivity contribution in [3.63, 3.8) is 0 Å². The highest BCUT2D eigenvalue weighted by atomic mass is 35.5. The summed E-state index contributed by atoms with van der Waals surface area (Å²) in [5, 5.41) is 4.89. The first-order valence-electron chi connectivity index (χ1n) is 7.03. The lowest BCUT2D eigenvalue weighted by Crippen LogP contribution is -2.26. The molecule has 120 valence electrons. The van der Waals surface area contributed by atoms with E-state index in [-0.39, 0.29) is 24.8 Å². The van der Waals surface area contributed by atoms with Gasteiger partial charge in [0.05, 0.1) is 0 Å². The summed E-state index contributed by atoms with van der Waals surface area (Å²) < 4.78 is 2.36. The Bertz CT molecular complexity index is 535. The van der Waals surface area contributed by atoms with Crippen molar-refractivity contribution in [3.8, 4) is 0 Å². The number of nitrogens with one attached hydrogen (secondary N) is 1. The first-order chi connectivity index (χ1) is 9.09. The van der Waals surface area contributed by atoms with Crippen molar-refractivity contribution in [2.24, 2.45) is 0 Å². The van der Waals surface area contributed by atoms with Crippen molar-refractivity contribution in [2.75, 3.05) is 27.2 Å². The molecule has 1 heterocycles. The van der Waals surface area contributed by atoms with Crippen molar-refractivity contribution < 1.29 is 0 Å². The summed E-state index contributed by atoms with van der Waals surface area (Å²) in [6, 6.07) is 9.16. The summed E-state index contributed by atoms with van der Waals surface area (Å²) in [5.74, 6) is 0. The SMILES string of the molecule is CC(C)n1cc(CNCCN(C)C)c2ccccc21.Cl.Cl. The van der Waals surface area contributed by atoms with Gasteiger partial charge >= 0.3 is 0 Å². The molecule has 1 aromatic carbocycles. The number of halogens is 2. The molecule has 2 rings (SSSR count). The highest BCUT2D eigenvalue weighted by Gasteiger charge is 2.09. The zero-order valence-electron chi connectivity index (χ0n) is 13.3. The van der Waals surface area contributed by atoms with E-state index in [1.807, 2.05) is 0 Å². The van der Waals surface area contributed by atoms with Crippen LogP contribution in [0.4, 0.5) is 0 Å². The average Bonchev–Trinajstić information content (AvgIpc) is 2.74. The third kappa shape index (κ3) is 5.19. The maximum absolute atomic E-state index is 3.52. The van der Waals surface area contributed by atoms with Gasteiger partial charge < -0.3 is 14.8 Å². The minimum atomic E-state index is 0. The fourth-order valence-electron chi connectivity index (χ4n) is 2.37. The summed E-state index contributed by atoms with van der Waals surface area (Å²) >= 11 is 0. The predicted octanol–water partition coefficient (Wildman–Crippen LogP) is 3.72. The monoisotopic (exact) mass is 331 g/mol. The summed E-state index contributed by atoms with van der Waals surface area (Å²) in [4.78, 5) is 2.20. The van der Waals surface area contributed by atoms with E-state index in [1.165, 1.54) is 16.5 Å². The lowest BCUT2D eigenvalue weighted by Gasteiger charge is -2.10. The smallest absolute Gasteiger partial charge is 0.0486 e. The molecule has 0 aliphatic rings. The zero-order chi connectivity index (χ0) is 13.8. The van der Waals surface area contributed by atoms with Gasteiger partial charge in [0, 0.05) is 42.8 Å². The fraction of sp³-hybridized carbons (Fsp3) is 0.500. The number of rotatable bonds is 6. The molecule has 5 heteroatoms. The summed E-state index contributed by atoms with van der Waals surface area (Å²) in [6.07, 6.45) is 2.29. The van der Waals surface area contributed by atoms with Gasteiger partial charge in [-0.15, -0.1) is 24.8 Å². The summed E-state index contributed by atoms with van der Waals surface area (Å²) in [7, 11) is 4.21. The van der Waals surface area contributed by atoms with E-state index in [1.54, 1.807) is 0 Å². The molecule has 0 fully saturated rings. The third-order valence-electron chi connectivity index (χ3n) is 3.43. The van der Waals surface area contributed by atoms with E-state index in [0.717, 1.165) is 19.6 Å². The maximum Gasteiger partial charge on any atom is 0.0486 e. The second-order valence-electron chi connectivity index (χ2n) is 5.65. The molecule has 3 nitrogen and oxygen atoms in total. The summed E-state index contributed by atoms with van der Waals surface area (Å²) in [6.45, 7) is 7.50. The number of fused-ring (bicyclic) bond motifs is 1. The minimum absolute atomic E-state index is 0. The van der Waals surface area contributed by atoms with Gasteiger partial charge in [0.15, 0.2) is 0 Å². The Kier molecular flexibility index (Phi) is 8.98. The number of benzene rings is 1. The van der Waals surface area contributed by atoms with Gasteiger partial charge in [-0.1, -0.05) is 18.2 Å². The number of para-hydroxylation sites is 1. The zero-order valence-corrected chi connectivity index (χ0v) is 14.9. The van der Waals surface area contributed by atoms with Gasteiger partial charge in [-0.05, 0) is 39.6 Å². The quantitative estimate of drug-likeness (QED) is 0.814. The number of nitrogens with zero attached hydrogens (tertiary/aromatic N) is 2. The molecule has 0 bridgehead atoms. The second-order valence-corrected chi connectivity index (χ2v) is 5.65. The van der Waals surface area contributed by atoms with Gasteiger partial charge in [-0.25, -0.2) is 0 Å². The van der Waals surface area contributed by atoms with E-state index < -0.39 is 0 Å². The second kappa shape index (κ2) is 9.31. The minimum Gasteiger partial charge on any atom is -0.345 e. The lowest BCUT2D eigenvalue weighted by molar-refractivity contribution is 0.400. The number of likely N-dealkylation sites (N-methyl/N-ethyl adjacent to an activating group) is 1. The van der Waals surface area contributed by atoms with E-state index in [4.69, 9.17) is 0 Å². The maximum atomic E-state index is 3.52. The molecule has 0 atom stereocenters. The van der Waals surface area contributed by atoms with Crippen LogP contribution in [0.3, 0.4) is 0 Å². The molecule has 21 heavy (non-hydrogen) atoms. The van der Waals surface area contributed by atoms with Crippen molar-refractivity contribution in [1.82, 2.24) is 14.8 Å². The van der Waals surface area contributed by atoms with Crippen LogP contribution in [0.15, 0.2) is 30.5 Å². The van der Waals surface area contributed by atoms with Crippen molar-refractivity contribution in [3.05, 3.63) is 36.0 Å². The van der Waals surface area contributed by atoms with Crippen LogP contribution >= 0.6 is 24.8 Å². The van der Waals surface area contributed by atoms with Crippen LogP contribution in [0.25, 0.3) is 10.9 Å². The van der Waals surface area contributed by atoms with Crippen LogP contribution in [0.5, 0.6) is 0 Å². The highest BCUT2D eigenvalue weighted by Crippen LogP contribution is 2.24. The van der Waals surface area contributed by atoms with Gasteiger partial charge in [0.1, 0.15) is 0 Å². The number of hydrogen-bond acceptors (Lipinski definition) is 2. The Labute approximate surface area is 140 Å². The van der Waals surface area contributed by atoms with E-state index in [2.05, 4.69) is 73.2 Å². The molecule has 0 aliphatic heterocycles. The van der Waals surface area contributed by atoms with Crippen molar-refractivity contribution in [2.45, 2.75) is 26.4 Å².